The third kappa shape index (κ3) is 5.05. The number of esters is 1. The van der Waals surface area contributed by atoms with Crippen molar-refractivity contribution >= 4 is 28.9 Å². The summed E-state index contributed by atoms with van der Waals surface area (Å²) >= 11 is 0. The van der Waals surface area contributed by atoms with E-state index in [0.29, 0.717) is 33.9 Å². The molecular formula is C27H22N2O5. The molecule has 0 heterocycles. The molecule has 0 aliphatic rings. The van der Waals surface area contributed by atoms with E-state index < -0.39 is 11.9 Å². The van der Waals surface area contributed by atoms with Gasteiger partial charge in [0, 0.05) is 11.1 Å². The fourth-order valence-corrected chi connectivity index (χ4v) is 3.37. The second-order valence-electron chi connectivity index (χ2n) is 7.25. The van der Waals surface area contributed by atoms with Crippen LogP contribution in [0.15, 0.2) is 90.0 Å². The number of nitrogens with one attached hydrogen (secondary N) is 1. The van der Waals surface area contributed by atoms with Crippen molar-refractivity contribution in [2.75, 3.05) is 14.2 Å². The lowest BCUT2D eigenvalue weighted by atomic mass is 10.0. The SMILES string of the molecule is COc1ccc(C(=O)Oc2ccc3ccccc3c2/C=N/NC(=O)c2cccc(OC)c2)cc1. The summed E-state index contributed by atoms with van der Waals surface area (Å²) in [6.45, 7) is 0. The fourth-order valence-electron chi connectivity index (χ4n) is 3.37. The van der Waals surface area contributed by atoms with Crippen LogP contribution in [0.1, 0.15) is 26.3 Å². The van der Waals surface area contributed by atoms with Crippen molar-refractivity contribution in [3.63, 3.8) is 0 Å². The van der Waals surface area contributed by atoms with Crippen LogP contribution in [-0.2, 0) is 0 Å². The number of hydrazone groups is 1. The Labute approximate surface area is 196 Å². The van der Waals surface area contributed by atoms with Crippen molar-refractivity contribution in [2.24, 2.45) is 5.10 Å². The first-order valence-electron chi connectivity index (χ1n) is 10.4. The van der Waals surface area contributed by atoms with Crippen molar-refractivity contribution in [1.82, 2.24) is 5.43 Å². The van der Waals surface area contributed by atoms with E-state index in [4.69, 9.17) is 14.2 Å². The molecule has 0 spiro atoms. The predicted molar refractivity (Wildman–Crippen MR) is 130 cm³/mol. The summed E-state index contributed by atoms with van der Waals surface area (Å²) in [4.78, 5) is 25.2. The van der Waals surface area contributed by atoms with E-state index in [1.54, 1.807) is 61.7 Å². The quantitative estimate of drug-likeness (QED) is 0.187. The minimum absolute atomic E-state index is 0.318. The van der Waals surface area contributed by atoms with Crippen LogP contribution in [-0.4, -0.2) is 32.3 Å². The van der Waals surface area contributed by atoms with Gasteiger partial charge in [-0.25, -0.2) is 10.2 Å². The van der Waals surface area contributed by atoms with Gasteiger partial charge in [-0.2, -0.15) is 5.10 Å². The number of carbonyl (C=O) groups excluding carboxylic acids is 2. The molecule has 1 N–H and O–H groups in total. The minimum Gasteiger partial charge on any atom is -0.497 e. The molecule has 34 heavy (non-hydrogen) atoms. The second-order valence-corrected chi connectivity index (χ2v) is 7.25. The Morgan fingerprint density at radius 2 is 1.56 bits per heavy atom. The number of fused-ring (bicyclic) bond motifs is 1. The van der Waals surface area contributed by atoms with E-state index >= 15 is 0 Å². The maximum atomic E-state index is 12.7. The van der Waals surface area contributed by atoms with Crippen LogP contribution in [0.25, 0.3) is 10.8 Å². The number of hydrogen-bond donors (Lipinski definition) is 1. The number of amides is 1. The first kappa shape index (κ1) is 22.5. The lowest BCUT2D eigenvalue weighted by molar-refractivity contribution is 0.0734. The van der Waals surface area contributed by atoms with Gasteiger partial charge in [-0.1, -0.05) is 36.4 Å². The van der Waals surface area contributed by atoms with Crippen molar-refractivity contribution in [1.29, 1.82) is 0 Å². The van der Waals surface area contributed by atoms with E-state index in [1.807, 2.05) is 30.3 Å². The molecule has 0 radical (unpaired) electrons. The van der Waals surface area contributed by atoms with Crippen molar-refractivity contribution in [2.45, 2.75) is 0 Å². The molecule has 0 atom stereocenters. The molecule has 0 aliphatic carbocycles. The van der Waals surface area contributed by atoms with Gasteiger partial charge in [0.15, 0.2) is 0 Å². The smallest absolute Gasteiger partial charge is 0.343 e. The first-order valence-corrected chi connectivity index (χ1v) is 10.4. The number of ether oxygens (including phenoxy) is 3. The molecular weight excluding hydrogens is 432 g/mol. The number of rotatable bonds is 7. The van der Waals surface area contributed by atoms with E-state index in [1.165, 1.54) is 13.3 Å². The molecule has 0 saturated heterocycles. The minimum atomic E-state index is -0.520. The summed E-state index contributed by atoms with van der Waals surface area (Å²) in [5.74, 6) is 0.610. The molecule has 7 heteroatoms. The largest absolute Gasteiger partial charge is 0.497 e. The number of benzene rings is 4. The van der Waals surface area contributed by atoms with Gasteiger partial charge in [-0.3, -0.25) is 4.79 Å². The van der Waals surface area contributed by atoms with Crippen molar-refractivity contribution in [3.05, 3.63) is 102 Å². The summed E-state index contributed by atoms with van der Waals surface area (Å²) in [7, 11) is 3.09. The summed E-state index contributed by atoms with van der Waals surface area (Å²) in [6, 6.07) is 24.6. The number of nitrogens with zero attached hydrogens (tertiary/aromatic N) is 1. The van der Waals surface area contributed by atoms with Gasteiger partial charge in [0.25, 0.3) is 5.91 Å². The maximum Gasteiger partial charge on any atom is 0.343 e. The third-order valence-corrected chi connectivity index (χ3v) is 5.15. The monoisotopic (exact) mass is 454 g/mol. The van der Waals surface area contributed by atoms with E-state index in [-0.39, 0.29) is 0 Å². The highest BCUT2D eigenvalue weighted by Crippen LogP contribution is 2.27. The molecule has 0 bridgehead atoms. The molecule has 0 unspecified atom stereocenters. The summed E-state index contributed by atoms with van der Waals surface area (Å²) < 4.78 is 16.0. The van der Waals surface area contributed by atoms with Crippen LogP contribution in [0.2, 0.25) is 0 Å². The Bertz CT molecular complexity index is 1360. The van der Waals surface area contributed by atoms with Crippen molar-refractivity contribution in [3.8, 4) is 17.2 Å². The highest BCUT2D eigenvalue weighted by molar-refractivity contribution is 6.04. The van der Waals surface area contributed by atoms with Gasteiger partial charge >= 0.3 is 5.97 Å². The van der Waals surface area contributed by atoms with E-state index in [0.717, 1.165) is 10.8 Å². The van der Waals surface area contributed by atoms with Crippen LogP contribution in [0.5, 0.6) is 17.2 Å². The highest BCUT2D eigenvalue weighted by Gasteiger charge is 2.14. The summed E-state index contributed by atoms with van der Waals surface area (Å²) in [6.07, 6.45) is 1.47. The zero-order valence-corrected chi connectivity index (χ0v) is 18.6. The normalized spacial score (nSPS) is 10.8. The number of carbonyl (C=O) groups is 2. The third-order valence-electron chi connectivity index (χ3n) is 5.15. The van der Waals surface area contributed by atoms with Gasteiger partial charge in [0.05, 0.1) is 26.0 Å². The molecule has 0 saturated carbocycles. The predicted octanol–water partition coefficient (Wildman–Crippen LogP) is 4.84. The Hall–Kier alpha value is -4.65. The summed E-state index contributed by atoms with van der Waals surface area (Å²) in [5, 5.41) is 5.87. The Morgan fingerprint density at radius 3 is 2.32 bits per heavy atom. The molecule has 0 aliphatic heterocycles. The zero-order valence-electron chi connectivity index (χ0n) is 18.6. The molecule has 7 nitrogen and oxygen atoms in total. The lowest BCUT2D eigenvalue weighted by Crippen LogP contribution is -2.17. The van der Waals surface area contributed by atoms with Crippen LogP contribution in [0.3, 0.4) is 0 Å². The Kier molecular flexibility index (Phi) is 6.84. The van der Waals surface area contributed by atoms with Crippen LogP contribution in [0, 0.1) is 0 Å². The molecule has 1 amide bonds. The Balaban J connectivity index is 1.60. The molecule has 4 rings (SSSR count). The van der Waals surface area contributed by atoms with Gasteiger partial charge in [0.1, 0.15) is 17.2 Å². The molecule has 0 aromatic heterocycles. The zero-order chi connectivity index (χ0) is 23.9. The molecule has 4 aromatic carbocycles. The maximum absolute atomic E-state index is 12.7. The van der Waals surface area contributed by atoms with Crippen LogP contribution < -0.4 is 19.6 Å². The van der Waals surface area contributed by atoms with Gasteiger partial charge in [-0.15, -0.1) is 0 Å². The average Bonchev–Trinajstić information content (AvgIpc) is 2.89. The fraction of sp³-hybridized carbons (Fsp3) is 0.0741. The van der Waals surface area contributed by atoms with E-state index in [9.17, 15) is 9.59 Å². The number of hydrogen-bond acceptors (Lipinski definition) is 6. The first-order chi connectivity index (χ1) is 16.6. The highest BCUT2D eigenvalue weighted by atomic mass is 16.5. The summed E-state index contributed by atoms with van der Waals surface area (Å²) in [5.41, 5.74) is 3.85. The van der Waals surface area contributed by atoms with E-state index in [2.05, 4.69) is 10.5 Å². The van der Waals surface area contributed by atoms with Gasteiger partial charge in [0.2, 0.25) is 0 Å². The lowest BCUT2D eigenvalue weighted by Gasteiger charge is -2.11. The number of methoxy groups -OCH3 is 2. The van der Waals surface area contributed by atoms with Gasteiger partial charge in [-0.05, 0) is 59.3 Å². The van der Waals surface area contributed by atoms with Crippen LogP contribution >= 0.6 is 0 Å². The second kappa shape index (κ2) is 10.3. The van der Waals surface area contributed by atoms with Crippen LogP contribution in [0.4, 0.5) is 0 Å². The Morgan fingerprint density at radius 1 is 0.794 bits per heavy atom. The molecule has 0 fully saturated rings. The topological polar surface area (TPSA) is 86.2 Å². The standard InChI is InChI=1S/C27H22N2O5/c1-32-21-13-10-19(11-14-21)27(31)34-25-15-12-18-6-3-4-9-23(18)24(25)17-28-29-26(30)20-7-5-8-22(16-20)33-2/h3-17H,1-2H3,(H,29,30)/b28-17+. The molecule has 4 aromatic rings. The molecule has 170 valence electrons. The van der Waals surface area contributed by atoms with Crippen molar-refractivity contribution < 1.29 is 23.8 Å². The van der Waals surface area contributed by atoms with Gasteiger partial charge < -0.3 is 14.2 Å². The average molecular weight is 454 g/mol.